The molecule has 2 atom stereocenters. The molecular weight excluding hydrogens is 430 g/mol. The number of ketones is 1. The summed E-state index contributed by atoms with van der Waals surface area (Å²) in [7, 11) is 0. The molecule has 34 heavy (non-hydrogen) atoms. The summed E-state index contributed by atoms with van der Waals surface area (Å²) >= 11 is 0. The molecule has 1 amide bonds. The van der Waals surface area contributed by atoms with Crippen molar-refractivity contribution in [3.05, 3.63) is 101 Å². The third-order valence-corrected chi connectivity index (χ3v) is 6.38. The van der Waals surface area contributed by atoms with E-state index in [0.29, 0.717) is 30.5 Å². The fourth-order valence-electron chi connectivity index (χ4n) is 4.77. The maximum Gasteiger partial charge on any atom is 0.295 e. The average Bonchev–Trinajstić information content (AvgIpc) is 3.33. The lowest BCUT2D eigenvalue weighted by Crippen LogP contribution is -2.31. The molecule has 0 bridgehead atoms. The van der Waals surface area contributed by atoms with E-state index in [2.05, 4.69) is 0 Å². The zero-order chi connectivity index (χ0) is 23.8. The van der Waals surface area contributed by atoms with E-state index >= 15 is 0 Å². The number of rotatable bonds is 5. The number of nitrogens with zero attached hydrogens (tertiary/aromatic N) is 1. The molecule has 2 heterocycles. The number of carbonyl (C=O) groups excluding carboxylic acids is 2. The highest BCUT2D eigenvalue weighted by Crippen LogP contribution is 2.41. The van der Waals surface area contributed by atoms with Crippen LogP contribution in [-0.4, -0.2) is 39.5 Å². The number of ether oxygens (including phenoxy) is 1. The molecule has 0 aliphatic carbocycles. The van der Waals surface area contributed by atoms with Gasteiger partial charge in [-0.15, -0.1) is 0 Å². The molecule has 2 aliphatic heterocycles. The number of fused-ring (bicyclic) bond motifs is 1. The molecule has 0 aromatic heterocycles. The predicted octanol–water partition coefficient (Wildman–Crippen LogP) is 4.38. The van der Waals surface area contributed by atoms with Gasteiger partial charge in [0.05, 0.1) is 11.6 Å². The van der Waals surface area contributed by atoms with E-state index in [0.717, 1.165) is 16.9 Å². The fourth-order valence-corrected chi connectivity index (χ4v) is 4.77. The average molecular weight is 456 g/mol. The number of hydrogen-bond acceptors (Lipinski definition) is 5. The molecular formula is C28H25NO5. The smallest absolute Gasteiger partial charge is 0.295 e. The van der Waals surface area contributed by atoms with Gasteiger partial charge in [-0.3, -0.25) is 9.59 Å². The summed E-state index contributed by atoms with van der Waals surface area (Å²) in [6, 6.07) is 20.7. The Morgan fingerprint density at radius 1 is 1.03 bits per heavy atom. The maximum atomic E-state index is 13.2. The van der Waals surface area contributed by atoms with Gasteiger partial charge >= 0.3 is 0 Å². The highest BCUT2D eigenvalue weighted by atomic mass is 16.5. The summed E-state index contributed by atoms with van der Waals surface area (Å²) < 4.78 is 5.75. The van der Waals surface area contributed by atoms with Gasteiger partial charge < -0.3 is 19.8 Å². The van der Waals surface area contributed by atoms with Crippen molar-refractivity contribution in [1.29, 1.82) is 0 Å². The van der Waals surface area contributed by atoms with Crippen LogP contribution in [-0.2, 0) is 22.4 Å². The summed E-state index contributed by atoms with van der Waals surface area (Å²) in [5.41, 5.74) is 3.03. The Labute approximate surface area is 197 Å². The first kappa shape index (κ1) is 21.8. The molecule has 6 nitrogen and oxygen atoms in total. The number of phenolic OH excluding ortho intramolecular Hbond substituents is 1. The number of amides is 1. The number of phenols is 1. The third-order valence-electron chi connectivity index (χ3n) is 6.38. The van der Waals surface area contributed by atoms with Crippen molar-refractivity contribution < 1.29 is 24.5 Å². The molecule has 0 radical (unpaired) electrons. The van der Waals surface area contributed by atoms with Crippen LogP contribution in [0.2, 0.25) is 0 Å². The Hall–Kier alpha value is -4.06. The number of benzene rings is 3. The zero-order valence-corrected chi connectivity index (χ0v) is 18.8. The molecule has 0 spiro atoms. The van der Waals surface area contributed by atoms with Crippen molar-refractivity contribution >= 4 is 17.4 Å². The Kier molecular flexibility index (Phi) is 5.57. The lowest BCUT2D eigenvalue weighted by atomic mass is 9.94. The first-order valence-electron chi connectivity index (χ1n) is 11.3. The molecule has 6 heteroatoms. The molecule has 0 saturated carbocycles. The van der Waals surface area contributed by atoms with E-state index in [9.17, 15) is 19.8 Å². The molecule has 1 saturated heterocycles. The lowest BCUT2D eigenvalue weighted by molar-refractivity contribution is -0.139. The predicted molar refractivity (Wildman–Crippen MR) is 127 cm³/mol. The van der Waals surface area contributed by atoms with E-state index in [-0.39, 0.29) is 23.2 Å². The van der Waals surface area contributed by atoms with Crippen LogP contribution in [0.15, 0.2) is 78.4 Å². The molecule has 5 rings (SSSR count). The second-order valence-corrected chi connectivity index (χ2v) is 8.78. The second-order valence-electron chi connectivity index (χ2n) is 8.78. The van der Waals surface area contributed by atoms with Gasteiger partial charge in [0.25, 0.3) is 11.7 Å². The number of Topliss-reactive ketones (excluding diaryl/α,β-unsaturated/α-hetero) is 1. The van der Waals surface area contributed by atoms with Gasteiger partial charge in [-0.2, -0.15) is 0 Å². The molecule has 2 aliphatic rings. The maximum absolute atomic E-state index is 13.2. The van der Waals surface area contributed by atoms with Gasteiger partial charge in [0.2, 0.25) is 0 Å². The van der Waals surface area contributed by atoms with Crippen LogP contribution in [0.25, 0.3) is 5.76 Å². The number of hydrogen-bond donors (Lipinski definition) is 2. The van der Waals surface area contributed by atoms with E-state index in [4.69, 9.17) is 4.74 Å². The van der Waals surface area contributed by atoms with Crippen LogP contribution in [0.4, 0.5) is 0 Å². The summed E-state index contributed by atoms with van der Waals surface area (Å²) in [5.74, 6) is -0.837. The van der Waals surface area contributed by atoms with Crippen LogP contribution >= 0.6 is 0 Å². The minimum atomic E-state index is -0.806. The zero-order valence-electron chi connectivity index (χ0n) is 18.8. The minimum absolute atomic E-state index is 0.0230. The molecule has 3 aromatic carbocycles. The Morgan fingerprint density at radius 3 is 2.59 bits per heavy atom. The van der Waals surface area contributed by atoms with Crippen LogP contribution in [0.1, 0.15) is 35.2 Å². The largest absolute Gasteiger partial charge is 0.508 e. The normalized spacial score (nSPS) is 20.9. The molecule has 3 aromatic rings. The van der Waals surface area contributed by atoms with Crippen LogP contribution in [0.5, 0.6) is 11.5 Å². The van der Waals surface area contributed by atoms with Crippen molar-refractivity contribution in [2.45, 2.75) is 31.9 Å². The highest BCUT2D eigenvalue weighted by Gasteiger charge is 2.46. The quantitative estimate of drug-likeness (QED) is 0.339. The van der Waals surface area contributed by atoms with Crippen molar-refractivity contribution in [3.63, 3.8) is 0 Å². The van der Waals surface area contributed by atoms with Gasteiger partial charge in [-0.1, -0.05) is 42.5 Å². The van der Waals surface area contributed by atoms with Gasteiger partial charge in [0.15, 0.2) is 0 Å². The lowest BCUT2D eigenvalue weighted by Gasteiger charge is -2.25. The van der Waals surface area contributed by atoms with Crippen molar-refractivity contribution in [3.8, 4) is 11.5 Å². The summed E-state index contributed by atoms with van der Waals surface area (Å²) in [6.07, 6.45) is 1.30. The number of aliphatic hydroxyl groups is 1. The first-order chi connectivity index (χ1) is 16.4. The van der Waals surface area contributed by atoms with Crippen molar-refractivity contribution in [2.24, 2.45) is 0 Å². The summed E-state index contributed by atoms with van der Waals surface area (Å²) in [6.45, 7) is 2.26. The molecule has 1 fully saturated rings. The monoisotopic (exact) mass is 455 g/mol. The van der Waals surface area contributed by atoms with Crippen LogP contribution in [0, 0.1) is 0 Å². The van der Waals surface area contributed by atoms with E-state index in [1.807, 2.05) is 43.3 Å². The molecule has 172 valence electrons. The minimum Gasteiger partial charge on any atom is -0.508 e. The van der Waals surface area contributed by atoms with E-state index in [1.165, 1.54) is 17.0 Å². The van der Waals surface area contributed by atoms with Crippen molar-refractivity contribution in [2.75, 3.05) is 6.54 Å². The fraction of sp³-hybridized carbons (Fsp3) is 0.214. The van der Waals surface area contributed by atoms with Crippen LogP contribution < -0.4 is 4.74 Å². The third kappa shape index (κ3) is 3.92. The summed E-state index contributed by atoms with van der Waals surface area (Å²) in [5, 5.41) is 21.4. The Bertz CT molecular complexity index is 1300. The number of aliphatic hydroxyl groups excluding tert-OH is 1. The van der Waals surface area contributed by atoms with Gasteiger partial charge in [-0.25, -0.2) is 0 Å². The van der Waals surface area contributed by atoms with Crippen molar-refractivity contribution in [1.82, 2.24) is 4.90 Å². The van der Waals surface area contributed by atoms with E-state index in [1.54, 1.807) is 24.3 Å². The first-order valence-corrected chi connectivity index (χ1v) is 11.3. The Balaban J connectivity index is 1.58. The van der Waals surface area contributed by atoms with Gasteiger partial charge in [0.1, 0.15) is 23.4 Å². The standard InChI is InChI=1S/C28H25NO5/c1-17-14-21-15-20(10-11-23(21)34-17)26(31)24-25(19-8-5-9-22(30)16-19)29(28(33)27(24)32)13-12-18-6-3-2-4-7-18/h2-11,15-17,25,30-31H,12-14H2,1H3/b26-24+/t17-,25-/m1/s1. The number of carbonyl (C=O) groups is 2. The SMILES string of the molecule is C[C@@H]1Cc2cc(/C(O)=C3\C(=O)C(=O)N(CCc4ccccc4)[C@@H]3c3cccc(O)c3)ccc2O1. The van der Waals surface area contributed by atoms with Gasteiger partial charge in [-0.05, 0) is 60.4 Å². The molecule has 2 N–H and O–H groups in total. The summed E-state index contributed by atoms with van der Waals surface area (Å²) in [4.78, 5) is 27.8. The van der Waals surface area contributed by atoms with Crippen LogP contribution in [0.3, 0.4) is 0 Å². The number of likely N-dealkylation sites (tertiary alicyclic amines) is 1. The topological polar surface area (TPSA) is 87.1 Å². The van der Waals surface area contributed by atoms with E-state index < -0.39 is 17.7 Å². The number of aromatic hydroxyl groups is 1. The highest BCUT2D eigenvalue weighted by molar-refractivity contribution is 6.46. The second kappa shape index (κ2) is 8.71. The molecule has 0 unspecified atom stereocenters. The Morgan fingerprint density at radius 2 is 1.82 bits per heavy atom. The van der Waals surface area contributed by atoms with Gasteiger partial charge in [0, 0.05) is 18.5 Å².